The van der Waals surface area contributed by atoms with Crippen LogP contribution in [0.5, 0.6) is 0 Å². The summed E-state index contributed by atoms with van der Waals surface area (Å²) in [5, 5.41) is 14.6. The first-order chi connectivity index (χ1) is 17.6. The number of amides is 2. The van der Waals surface area contributed by atoms with E-state index in [9.17, 15) is 14.7 Å². The molecule has 5 N–H and O–H groups in total. The van der Waals surface area contributed by atoms with Gasteiger partial charge >= 0.3 is 6.09 Å². The highest BCUT2D eigenvalue weighted by Crippen LogP contribution is 2.26. The van der Waals surface area contributed by atoms with Crippen LogP contribution in [0.15, 0.2) is 30.5 Å². The maximum atomic E-state index is 12.6. The van der Waals surface area contributed by atoms with Crippen LogP contribution in [0.1, 0.15) is 20.8 Å². The number of nitrogens with zero attached hydrogens (tertiary/aromatic N) is 5. The number of hydrogen-bond acceptors (Lipinski definition) is 11. The van der Waals surface area contributed by atoms with E-state index < -0.39 is 30.3 Å². The van der Waals surface area contributed by atoms with E-state index in [4.69, 9.17) is 20.2 Å². The largest absolute Gasteiger partial charge is 0.444 e. The molecule has 0 bridgehead atoms. The highest BCUT2D eigenvalue weighted by molar-refractivity contribution is 5.97. The van der Waals surface area contributed by atoms with Gasteiger partial charge in [0.1, 0.15) is 11.6 Å². The molecule has 3 aromatic rings. The molecule has 2 aromatic heterocycles. The predicted octanol–water partition coefficient (Wildman–Crippen LogP) is 1.33. The summed E-state index contributed by atoms with van der Waals surface area (Å²) in [5.41, 5.74) is 7.90. The Hall–Kier alpha value is -4.10. The van der Waals surface area contributed by atoms with Gasteiger partial charge in [-0.15, -0.1) is 0 Å². The summed E-state index contributed by atoms with van der Waals surface area (Å²) >= 11 is 0. The molecule has 13 heteroatoms. The first-order valence-corrected chi connectivity index (χ1v) is 11.8. The lowest BCUT2D eigenvalue weighted by Gasteiger charge is -2.28. The third-order valence-electron chi connectivity index (χ3n) is 5.35. The molecule has 0 unspecified atom stereocenters. The van der Waals surface area contributed by atoms with Crippen molar-refractivity contribution in [2.24, 2.45) is 0 Å². The van der Waals surface area contributed by atoms with Gasteiger partial charge in [-0.05, 0) is 32.9 Å². The minimum Gasteiger partial charge on any atom is -0.444 e. The zero-order valence-electron chi connectivity index (χ0n) is 20.9. The second-order valence-electron chi connectivity index (χ2n) is 9.38. The summed E-state index contributed by atoms with van der Waals surface area (Å²) in [7, 11) is 0. The van der Waals surface area contributed by atoms with E-state index in [-0.39, 0.29) is 5.95 Å². The Morgan fingerprint density at radius 2 is 1.86 bits per heavy atom. The number of benzene rings is 1. The number of fused-ring (bicyclic) bond motifs is 1. The molecule has 1 aromatic carbocycles. The molecule has 0 spiro atoms. The number of carbonyl (C=O) groups is 2. The fraction of sp³-hybridized carbons (Fsp3) is 0.417. The number of nitrogens with one attached hydrogen (secondary N) is 2. The van der Waals surface area contributed by atoms with Gasteiger partial charge in [-0.25, -0.2) is 14.8 Å². The van der Waals surface area contributed by atoms with E-state index >= 15 is 0 Å². The fourth-order valence-corrected chi connectivity index (χ4v) is 3.64. The van der Waals surface area contributed by atoms with Crippen LogP contribution in [0, 0.1) is 0 Å². The molecular formula is C24H30N8O5. The van der Waals surface area contributed by atoms with Gasteiger partial charge < -0.3 is 35.8 Å². The first-order valence-electron chi connectivity index (χ1n) is 11.8. The van der Waals surface area contributed by atoms with Crippen LogP contribution in [-0.2, 0) is 14.3 Å². The normalized spacial score (nSPS) is 14.8. The van der Waals surface area contributed by atoms with Crippen LogP contribution in [0.3, 0.4) is 0 Å². The summed E-state index contributed by atoms with van der Waals surface area (Å²) < 4.78 is 10.6. The molecule has 0 radical (unpaired) electrons. The second-order valence-corrected chi connectivity index (χ2v) is 9.38. The number of hydrogen-bond donors (Lipinski definition) is 4. The molecule has 3 heterocycles. The number of nitrogens with two attached hydrogens (primary N) is 1. The Morgan fingerprint density at radius 1 is 1.16 bits per heavy atom. The number of alkyl carbamates (subject to hydrolysis) is 1. The quantitative estimate of drug-likeness (QED) is 0.376. The van der Waals surface area contributed by atoms with E-state index in [0.717, 1.165) is 5.56 Å². The van der Waals surface area contributed by atoms with Crippen molar-refractivity contribution < 1.29 is 24.2 Å². The number of rotatable bonds is 6. The van der Waals surface area contributed by atoms with E-state index in [1.807, 2.05) is 4.90 Å². The molecule has 37 heavy (non-hydrogen) atoms. The summed E-state index contributed by atoms with van der Waals surface area (Å²) in [6, 6.07) is 5.74. The lowest BCUT2D eigenvalue weighted by molar-refractivity contribution is -0.119. The molecule has 1 fully saturated rings. The van der Waals surface area contributed by atoms with Gasteiger partial charge in [0.25, 0.3) is 0 Å². The standard InChI is InChI=1S/C24H30N8O5/c1-24(2,3)37-23(35)29-17(13-33)21(34)27-15-6-4-14(5-7-15)16-12-26-19-18(28-16)20(31-22(25)30-19)32-8-10-36-11-9-32/h4-7,12,17,33H,8-11,13H2,1-3H3,(H,27,34)(H,29,35)(H2,25,26,30,31)/t17-/m0/s1. The molecule has 0 saturated carbocycles. The van der Waals surface area contributed by atoms with E-state index in [1.165, 1.54) is 0 Å². The van der Waals surface area contributed by atoms with Crippen molar-refractivity contribution in [3.8, 4) is 11.3 Å². The third kappa shape index (κ3) is 6.57. The van der Waals surface area contributed by atoms with Crippen molar-refractivity contribution in [2.45, 2.75) is 32.4 Å². The lowest BCUT2D eigenvalue weighted by atomic mass is 10.1. The van der Waals surface area contributed by atoms with E-state index in [1.54, 1.807) is 51.2 Å². The van der Waals surface area contributed by atoms with Gasteiger partial charge in [0.15, 0.2) is 17.0 Å². The molecule has 2 amide bonds. The molecular weight excluding hydrogens is 480 g/mol. The zero-order chi connectivity index (χ0) is 26.6. The van der Waals surface area contributed by atoms with Crippen LogP contribution in [0.25, 0.3) is 22.4 Å². The Labute approximate surface area is 213 Å². The molecule has 1 aliphatic heterocycles. The van der Waals surface area contributed by atoms with Gasteiger partial charge in [0.2, 0.25) is 11.9 Å². The van der Waals surface area contributed by atoms with Crippen molar-refractivity contribution in [3.63, 3.8) is 0 Å². The summed E-state index contributed by atoms with van der Waals surface area (Å²) in [6.45, 7) is 6.99. The minimum atomic E-state index is -1.17. The molecule has 1 saturated heterocycles. The number of aliphatic hydroxyl groups excluding tert-OH is 1. The highest BCUT2D eigenvalue weighted by atomic mass is 16.6. The maximum absolute atomic E-state index is 12.6. The first kappa shape index (κ1) is 26.0. The third-order valence-corrected chi connectivity index (χ3v) is 5.35. The molecule has 1 aliphatic rings. The number of aromatic nitrogens is 4. The van der Waals surface area contributed by atoms with Crippen LogP contribution < -0.4 is 21.3 Å². The topological polar surface area (TPSA) is 178 Å². The molecule has 4 rings (SSSR count). The van der Waals surface area contributed by atoms with Crippen molar-refractivity contribution in [2.75, 3.05) is 48.9 Å². The monoisotopic (exact) mass is 510 g/mol. The summed E-state index contributed by atoms with van der Waals surface area (Å²) in [4.78, 5) is 44.3. The van der Waals surface area contributed by atoms with Crippen molar-refractivity contribution in [3.05, 3.63) is 30.5 Å². The highest BCUT2D eigenvalue weighted by Gasteiger charge is 2.24. The average molecular weight is 511 g/mol. The van der Waals surface area contributed by atoms with Crippen molar-refractivity contribution in [1.29, 1.82) is 0 Å². The molecule has 1 atom stereocenters. The van der Waals surface area contributed by atoms with E-state index in [2.05, 4.69) is 25.6 Å². The smallest absolute Gasteiger partial charge is 0.408 e. The number of aliphatic hydroxyl groups is 1. The van der Waals surface area contributed by atoms with Gasteiger partial charge in [0, 0.05) is 24.3 Å². The Balaban J connectivity index is 1.50. The van der Waals surface area contributed by atoms with Gasteiger partial charge in [-0.3, -0.25) is 4.79 Å². The predicted molar refractivity (Wildman–Crippen MR) is 137 cm³/mol. The second kappa shape index (κ2) is 10.9. The van der Waals surface area contributed by atoms with Gasteiger partial charge in [-0.2, -0.15) is 9.97 Å². The van der Waals surface area contributed by atoms with Crippen LogP contribution in [0.4, 0.5) is 22.2 Å². The maximum Gasteiger partial charge on any atom is 0.408 e. The number of nitrogen functional groups attached to an aromatic ring is 1. The Bertz CT molecular complexity index is 1270. The molecule has 13 nitrogen and oxygen atoms in total. The molecule has 0 aliphatic carbocycles. The van der Waals surface area contributed by atoms with Gasteiger partial charge in [0.05, 0.1) is 31.7 Å². The number of morpholine rings is 1. The van der Waals surface area contributed by atoms with Crippen LogP contribution in [0.2, 0.25) is 0 Å². The average Bonchev–Trinajstić information content (AvgIpc) is 2.86. The molecule has 196 valence electrons. The SMILES string of the molecule is CC(C)(C)OC(=O)N[C@@H](CO)C(=O)Nc1ccc(-c2cnc3nc(N)nc(N4CCOCC4)c3n2)cc1. The van der Waals surface area contributed by atoms with Crippen LogP contribution in [-0.4, -0.2) is 81.6 Å². The van der Waals surface area contributed by atoms with E-state index in [0.29, 0.717) is 54.7 Å². The van der Waals surface area contributed by atoms with Crippen LogP contribution >= 0.6 is 0 Å². The Morgan fingerprint density at radius 3 is 2.51 bits per heavy atom. The Kier molecular flexibility index (Phi) is 7.64. The number of ether oxygens (including phenoxy) is 2. The minimum absolute atomic E-state index is 0.124. The summed E-state index contributed by atoms with van der Waals surface area (Å²) in [5.74, 6) is 0.145. The lowest BCUT2D eigenvalue weighted by Crippen LogP contribution is -2.47. The van der Waals surface area contributed by atoms with Crippen molar-refractivity contribution in [1.82, 2.24) is 25.3 Å². The number of carbonyl (C=O) groups excluding carboxylic acids is 2. The summed E-state index contributed by atoms with van der Waals surface area (Å²) in [6.07, 6.45) is 0.798. The zero-order valence-corrected chi connectivity index (χ0v) is 20.9. The number of anilines is 3. The van der Waals surface area contributed by atoms with Gasteiger partial charge in [-0.1, -0.05) is 12.1 Å². The fourth-order valence-electron chi connectivity index (χ4n) is 3.64. The van der Waals surface area contributed by atoms with Crippen molar-refractivity contribution >= 4 is 40.6 Å².